The molecule has 2 heterocycles. The summed E-state index contributed by atoms with van der Waals surface area (Å²) in [5.74, 6) is 1.12. The first kappa shape index (κ1) is 20.9. The van der Waals surface area contributed by atoms with Crippen molar-refractivity contribution in [1.82, 2.24) is 9.29 Å². The highest BCUT2D eigenvalue weighted by atomic mass is 79.9. The number of benzene rings is 2. The largest absolute Gasteiger partial charge is 0.486 e. The predicted octanol–water partition coefficient (Wildman–Crippen LogP) is 2.24. The van der Waals surface area contributed by atoms with Crippen molar-refractivity contribution in [2.24, 2.45) is 0 Å². The number of aromatic nitrogens is 1. The van der Waals surface area contributed by atoms with Gasteiger partial charge in [0.05, 0.1) is 17.0 Å². The van der Waals surface area contributed by atoms with Crippen molar-refractivity contribution in [3.05, 3.63) is 62.9 Å². The Labute approximate surface area is 181 Å². The third kappa shape index (κ3) is 4.08. The Morgan fingerprint density at radius 1 is 1.07 bits per heavy atom. The van der Waals surface area contributed by atoms with Gasteiger partial charge in [-0.25, -0.2) is 8.42 Å². The molecule has 10 heteroatoms. The molecule has 0 saturated carbocycles. The first-order valence-electron chi connectivity index (χ1n) is 9.20. The molecule has 0 saturated heterocycles. The molecule has 4 rings (SSSR count). The van der Waals surface area contributed by atoms with E-state index in [0.717, 1.165) is 8.78 Å². The fourth-order valence-electron chi connectivity index (χ4n) is 3.25. The number of sulfonamides is 1. The lowest BCUT2D eigenvalue weighted by Crippen LogP contribution is -2.35. The van der Waals surface area contributed by atoms with E-state index in [9.17, 15) is 18.3 Å². The molecule has 1 aliphatic rings. The number of aliphatic hydroxyl groups is 1. The third-order valence-electron chi connectivity index (χ3n) is 4.73. The van der Waals surface area contributed by atoms with E-state index >= 15 is 0 Å². The maximum atomic E-state index is 13.1. The van der Waals surface area contributed by atoms with E-state index in [1.807, 2.05) is 0 Å². The lowest BCUT2D eigenvalue weighted by Gasteiger charge is -2.22. The zero-order valence-corrected chi connectivity index (χ0v) is 18.2. The fraction of sp³-hybridized carbons (Fsp3) is 0.250. The minimum atomic E-state index is -3.91. The molecule has 0 fully saturated rings. The Balaban J connectivity index is 1.71. The van der Waals surface area contributed by atoms with Crippen molar-refractivity contribution in [2.45, 2.75) is 11.4 Å². The maximum Gasteiger partial charge on any atom is 0.252 e. The number of hydrogen-bond acceptors (Lipinski definition) is 6. The molecule has 1 aromatic heterocycles. The smallest absolute Gasteiger partial charge is 0.252 e. The molecule has 2 N–H and O–H groups in total. The fourth-order valence-corrected chi connectivity index (χ4v) is 4.92. The van der Waals surface area contributed by atoms with E-state index in [1.165, 1.54) is 12.1 Å². The van der Waals surface area contributed by atoms with E-state index in [4.69, 9.17) is 9.47 Å². The molecule has 158 valence electrons. The maximum absolute atomic E-state index is 13.1. The van der Waals surface area contributed by atoms with Crippen LogP contribution in [0.15, 0.2) is 56.6 Å². The van der Waals surface area contributed by atoms with Crippen molar-refractivity contribution in [2.75, 3.05) is 26.4 Å². The number of rotatable bonds is 6. The van der Waals surface area contributed by atoms with Gasteiger partial charge in [0.25, 0.3) is 5.56 Å². The van der Waals surface area contributed by atoms with E-state index in [0.29, 0.717) is 35.6 Å². The highest BCUT2D eigenvalue weighted by Gasteiger charge is 2.25. The second-order valence-electron chi connectivity index (χ2n) is 6.72. The van der Waals surface area contributed by atoms with Crippen LogP contribution in [0.1, 0.15) is 5.56 Å². The Morgan fingerprint density at radius 2 is 1.73 bits per heavy atom. The summed E-state index contributed by atoms with van der Waals surface area (Å²) in [4.78, 5) is 15.5. The molecule has 1 aliphatic heterocycles. The van der Waals surface area contributed by atoms with Gasteiger partial charge in [-0.2, -0.15) is 4.31 Å². The molecule has 0 spiro atoms. The van der Waals surface area contributed by atoms with E-state index in [-0.39, 0.29) is 30.2 Å². The first-order chi connectivity index (χ1) is 14.4. The SMILES string of the molecule is O=c1[nH]c2cc3c(cc2cc1CN(CCO)S(=O)(=O)c1ccc(Br)cc1)OCCO3. The Bertz CT molecular complexity index is 1240. The zero-order valence-electron chi connectivity index (χ0n) is 15.8. The highest BCUT2D eigenvalue weighted by molar-refractivity contribution is 9.10. The summed E-state index contributed by atoms with van der Waals surface area (Å²) in [6, 6.07) is 11.3. The van der Waals surface area contributed by atoms with Gasteiger partial charge < -0.3 is 19.6 Å². The van der Waals surface area contributed by atoms with Crippen LogP contribution < -0.4 is 15.0 Å². The van der Waals surface area contributed by atoms with Gasteiger partial charge in [0, 0.05) is 34.6 Å². The molecule has 0 atom stereocenters. The minimum absolute atomic E-state index is 0.0796. The summed E-state index contributed by atoms with van der Waals surface area (Å²) >= 11 is 3.28. The van der Waals surface area contributed by atoms with Gasteiger partial charge in [-0.1, -0.05) is 15.9 Å². The van der Waals surface area contributed by atoms with Gasteiger partial charge in [0.15, 0.2) is 11.5 Å². The minimum Gasteiger partial charge on any atom is -0.486 e. The molecule has 0 radical (unpaired) electrons. The number of halogens is 1. The van der Waals surface area contributed by atoms with Gasteiger partial charge in [0.2, 0.25) is 10.0 Å². The topological polar surface area (TPSA) is 109 Å². The number of pyridine rings is 1. The van der Waals surface area contributed by atoms with Crippen LogP contribution in [-0.2, 0) is 16.6 Å². The third-order valence-corrected chi connectivity index (χ3v) is 7.12. The number of aliphatic hydroxyl groups excluding tert-OH is 1. The Morgan fingerprint density at radius 3 is 2.40 bits per heavy atom. The van der Waals surface area contributed by atoms with Gasteiger partial charge in [-0.05, 0) is 36.4 Å². The highest BCUT2D eigenvalue weighted by Crippen LogP contribution is 2.33. The van der Waals surface area contributed by atoms with Crippen molar-refractivity contribution >= 4 is 36.9 Å². The number of ether oxygens (including phenoxy) is 2. The lowest BCUT2D eigenvalue weighted by atomic mass is 10.1. The van der Waals surface area contributed by atoms with Gasteiger partial charge in [-0.15, -0.1) is 0 Å². The summed E-state index contributed by atoms with van der Waals surface area (Å²) < 4.78 is 39.1. The van der Waals surface area contributed by atoms with Crippen LogP contribution in [-0.4, -0.2) is 49.2 Å². The van der Waals surface area contributed by atoms with Crippen molar-refractivity contribution in [3.8, 4) is 11.5 Å². The summed E-state index contributed by atoms with van der Waals surface area (Å²) in [6.45, 7) is 0.172. The predicted molar refractivity (Wildman–Crippen MR) is 114 cm³/mol. The normalized spacial score (nSPS) is 13.7. The Kier molecular flexibility index (Phi) is 5.83. The quantitative estimate of drug-likeness (QED) is 0.543. The van der Waals surface area contributed by atoms with E-state index < -0.39 is 15.6 Å². The van der Waals surface area contributed by atoms with Crippen LogP contribution in [0.4, 0.5) is 0 Å². The molecular weight excluding hydrogens is 476 g/mol. The number of fused-ring (bicyclic) bond motifs is 2. The number of hydrogen-bond donors (Lipinski definition) is 2. The van der Waals surface area contributed by atoms with Crippen LogP contribution in [0.25, 0.3) is 10.9 Å². The van der Waals surface area contributed by atoms with Gasteiger partial charge in [0.1, 0.15) is 13.2 Å². The van der Waals surface area contributed by atoms with E-state index in [2.05, 4.69) is 20.9 Å². The van der Waals surface area contributed by atoms with Crippen LogP contribution in [0, 0.1) is 0 Å². The van der Waals surface area contributed by atoms with Gasteiger partial charge >= 0.3 is 0 Å². The standard InChI is InChI=1S/C20H19BrN2O6S/c21-15-1-3-16(4-2-15)30(26,27)23(5-6-24)12-14-9-13-10-18-19(29-8-7-28-18)11-17(13)22-20(14)25/h1-4,9-11,24H,5-8,12H2,(H,22,25). The van der Waals surface area contributed by atoms with Crippen LogP contribution in [0.2, 0.25) is 0 Å². The molecule has 30 heavy (non-hydrogen) atoms. The molecular formula is C20H19BrN2O6S. The number of H-pyrrole nitrogens is 1. The first-order valence-corrected chi connectivity index (χ1v) is 11.4. The van der Waals surface area contributed by atoms with Crippen molar-refractivity contribution < 1.29 is 23.0 Å². The molecule has 0 aliphatic carbocycles. The molecule has 0 unspecified atom stereocenters. The number of nitrogens with one attached hydrogen (secondary N) is 1. The average molecular weight is 495 g/mol. The van der Waals surface area contributed by atoms with Crippen molar-refractivity contribution in [1.29, 1.82) is 0 Å². The van der Waals surface area contributed by atoms with Crippen molar-refractivity contribution in [3.63, 3.8) is 0 Å². The summed E-state index contributed by atoms with van der Waals surface area (Å²) in [5, 5.41) is 10.1. The molecule has 3 aromatic rings. The lowest BCUT2D eigenvalue weighted by molar-refractivity contribution is 0.172. The van der Waals surface area contributed by atoms with Crippen LogP contribution in [0.3, 0.4) is 0 Å². The molecule has 2 aromatic carbocycles. The van der Waals surface area contributed by atoms with E-state index in [1.54, 1.807) is 30.3 Å². The summed E-state index contributed by atoms with van der Waals surface area (Å²) in [5.41, 5.74) is 0.416. The average Bonchev–Trinajstić information content (AvgIpc) is 2.73. The second kappa shape index (κ2) is 8.38. The number of nitrogens with zero attached hydrogens (tertiary/aromatic N) is 1. The Hall–Kier alpha value is -2.40. The molecule has 0 bridgehead atoms. The monoisotopic (exact) mass is 494 g/mol. The second-order valence-corrected chi connectivity index (χ2v) is 9.58. The van der Waals surface area contributed by atoms with Gasteiger partial charge in [-0.3, -0.25) is 4.79 Å². The number of aromatic amines is 1. The molecule has 8 nitrogen and oxygen atoms in total. The summed E-state index contributed by atoms with van der Waals surface area (Å²) in [7, 11) is -3.91. The molecule has 0 amide bonds. The summed E-state index contributed by atoms with van der Waals surface area (Å²) in [6.07, 6.45) is 0. The van der Waals surface area contributed by atoms with Crippen LogP contribution >= 0.6 is 15.9 Å². The zero-order chi connectivity index (χ0) is 21.3. The van der Waals surface area contributed by atoms with Crippen LogP contribution in [0.5, 0.6) is 11.5 Å².